The maximum absolute atomic E-state index is 11.9. The summed E-state index contributed by atoms with van der Waals surface area (Å²) in [5.41, 5.74) is 0.798. The second-order valence-electron chi connectivity index (χ2n) is 8.89. The van der Waals surface area contributed by atoms with Gasteiger partial charge in [0.2, 0.25) is 0 Å². The molecular weight excluding hydrogens is 304 g/mol. The number of hydrogen-bond donors (Lipinski definition) is 3. The third-order valence-electron chi connectivity index (χ3n) is 4.31. The summed E-state index contributed by atoms with van der Waals surface area (Å²) in [4.78, 5) is 11.9. The Labute approximate surface area is 145 Å². The summed E-state index contributed by atoms with van der Waals surface area (Å²) in [6.45, 7) is 13.2. The normalized spacial score (nSPS) is 23.8. The number of rotatable bonds is 4. The van der Waals surface area contributed by atoms with E-state index in [-0.39, 0.29) is 0 Å². The van der Waals surface area contributed by atoms with Gasteiger partial charge in [-0.3, -0.25) is 10.4 Å². The number of amides is 1. The predicted molar refractivity (Wildman–Crippen MR) is 95.9 cm³/mol. The zero-order chi connectivity index (χ0) is 18.0. The number of H-pyrrole nitrogens is 1. The van der Waals surface area contributed by atoms with E-state index in [4.69, 9.17) is 4.74 Å². The van der Waals surface area contributed by atoms with E-state index in [0.29, 0.717) is 23.8 Å². The van der Waals surface area contributed by atoms with E-state index in [1.54, 1.807) is 6.20 Å². The van der Waals surface area contributed by atoms with Gasteiger partial charge in [-0.2, -0.15) is 5.10 Å². The number of carbonyl (C=O) groups excluding carboxylic acids is 1. The van der Waals surface area contributed by atoms with Crippen molar-refractivity contribution in [3.63, 3.8) is 0 Å². The van der Waals surface area contributed by atoms with Crippen LogP contribution in [0.25, 0.3) is 0 Å². The first-order valence-corrected chi connectivity index (χ1v) is 8.80. The molecule has 24 heavy (non-hydrogen) atoms. The third kappa shape index (κ3) is 5.82. The molecule has 1 heterocycles. The van der Waals surface area contributed by atoms with Gasteiger partial charge in [0.25, 0.3) is 0 Å². The third-order valence-corrected chi connectivity index (χ3v) is 4.31. The van der Waals surface area contributed by atoms with Gasteiger partial charge in [0, 0.05) is 18.2 Å². The molecule has 136 valence electrons. The fourth-order valence-electron chi connectivity index (χ4n) is 3.71. The topological polar surface area (TPSA) is 79.0 Å². The lowest BCUT2D eigenvalue weighted by Crippen LogP contribution is -2.39. The van der Waals surface area contributed by atoms with Gasteiger partial charge in [0.15, 0.2) is 0 Å². The Morgan fingerprint density at radius 3 is 2.75 bits per heavy atom. The van der Waals surface area contributed by atoms with Crippen molar-refractivity contribution >= 4 is 11.9 Å². The maximum Gasteiger partial charge on any atom is 0.413 e. The SMILES string of the molecule is CC1CC(NCc2cn[nH]c2NC(=O)OC(C)(C)C)CC(C)(C)C1. The molecule has 1 aliphatic rings. The summed E-state index contributed by atoms with van der Waals surface area (Å²) in [6, 6.07) is 0.494. The van der Waals surface area contributed by atoms with Crippen LogP contribution in [0, 0.1) is 11.3 Å². The molecule has 1 aliphatic carbocycles. The van der Waals surface area contributed by atoms with Crippen LogP contribution in [0.1, 0.15) is 66.4 Å². The molecule has 1 aromatic heterocycles. The monoisotopic (exact) mass is 336 g/mol. The van der Waals surface area contributed by atoms with Crippen molar-refractivity contribution in [3.8, 4) is 0 Å². The molecule has 1 saturated carbocycles. The highest BCUT2D eigenvalue weighted by molar-refractivity contribution is 5.84. The number of aromatic nitrogens is 2. The van der Waals surface area contributed by atoms with Crippen molar-refractivity contribution < 1.29 is 9.53 Å². The van der Waals surface area contributed by atoms with Gasteiger partial charge in [-0.25, -0.2) is 4.79 Å². The standard InChI is InChI=1S/C18H32N4O2/c1-12-7-14(9-18(5,6)8-12)19-10-13-11-20-22-15(13)21-16(23)24-17(2,3)4/h11-12,14,19H,7-10H2,1-6H3,(H2,20,21,22,23). The van der Waals surface area contributed by atoms with Gasteiger partial charge < -0.3 is 10.1 Å². The van der Waals surface area contributed by atoms with E-state index in [2.05, 4.69) is 41.6 Å². The highest BCUT2D eigenvalue weighted by Gasteiger charge is 2.31. The number of nitrogens with zero attached hydrogens (tertiary/aromatic N) is 1. The molecule has 0 radical (unpaired) electrons. The van der Waals surface area contributed by atoms with Gasteiger partial charge in [-0.05, 0) is 51.4 Å². The number of carbonyl (C=O) groups is 1. The summed E-state index contributed by atoms with van der Waals surface area (Å²) in [5.74, 6) is 1.33. The molecule has 6 nitrogen and oxygen atoms in total. The zero-order valence-electron chi connectivity index (χ0n) is 15.8. The van der Waals surface area contributed by atoms with Crippen molar-refractivity contribution in [1.82, 2.24) is 15.5 Å². The van der Waals surface area contributed by atoms with Gasteiger partial charge in [-0.1, -0.05) is 20.8 Å². The summed E-state index contributed by atoms with van der Waals surface area (Å²) in [6.07, 6.45) is 4.92. The van der Waals surface area contributed by atoms with Crippen molar-refractivity contribution in [1.29, 1.82) is 0 Å². The van der Waals surface area contributed by atoms with Crippen LogP contribution in [0.2, 0.25) is 0 Å². The molecule has 0 aromatic carbocycles. The maximum atomic E-state index is 11.9. The second kappa shape index (κ2) is 7.13. The quantitative estimate of drug-likeness (QED) is 0.774. The Morgan fingerprint density at radius 2 is 2.12 bits per heavy atom. The minimum atomic E-state index is -0.521. The van der Waals surface area contributed by atoms with Crippen LogP contribution in [-0.4, -0.2) is 27.9 Å². The zero-order valence-corrected chi connectivity index (χ0v) is 15.8. The van der Waals surface area contributed by atoms with Crippen LogP contribution in [0.5, 0.6) is 0 Å². The molecule has 0 aliphatic heterocycles. The predicted octanol–water partition coefficient (Wildman–Crippen LogP) is 4.06. The Kier molecular flexibility index (Phi) is 5.58. The van der Waals surface area contributed by atoms with Crippen molar-refractivity contribution in [2.45, 2.75) is 79.0 Å². The lowest BCUT2D eigenvalue weighted by Gasteiger charge is -2.39. The van der Waals surface area contributed by atoms with Gasteiger partial charge in [-0.15, -0.1) is 0 Å². The van der Waals surface area contributed by atoms with Crippen molar-refractivity contribution in [2.75, 3.05) is 5.32 Å². The smallest absolute Gasteiger partial charge is 0.413 e. The molecule has 1 aromatic rings. The molecule has 1 fully saturated rings. The highest BCUT2D eigenvalue weighted by atomic mass is 16.6. The molecule has 0 spiro atoms. The lowest BCUT2D eigenvalue weighted by atomic mass is 9.70. The lowest BCUT2D eigenvalue weighted by molar-refractivity contribution is 0.0635. The molecule has 1 amide bonds. The first-order valence-electron chi connectivity index (χ1n) is 8.80. The largest absolute Gasteiger partial charge is 0.444 e. The summed E-state index contributed by atoms with van der Waals surface area (Å²) >= 11 is 0. The fourth-order valence-corrected chi connectivity index (χ4v) is 3.71. The van der Waals surface area contributed by atoms with E-state index >= 15 is 0 Å². The van der Waals surface area contributed by atoms with Crippen molar-refractivity contribution in [2.24, 2.45) is 11.3 Å². The van der Waals surface area contributed by atoms with Crippen LogP contribution >= 0.6 is 0 Å². The van der Waals surface area contributed by atoms with Crippen LogP contribution in [0.4, 0.5) is 10.6 Å². The van der Waals surface area contributed by atoms with Crippen LogP contribution < -0.4 is 10.6 Å². The molecule has 0 bridgehead atoms. The van der Waals surface area contributed by atoms with E-state index < -0.39 is 11.7 Å². The van der Waals surface area contributed by atoms with E-state index in [1.807, 2.05) is 20.8 Å². The average molecular weight is 336 g/mol. The molecule has 3 N–H and O–H groups in total. The van der Waals surface area contributed by atoms with Crippen LogP contribution in [0.15, 0.2) is 6.20 Å². The number of ether oxygens (including phenoxy) is 1. The molecule has 6 heteroatoms. The molecule has 2 atom stereocenters. The van der Waals surface area contributed by atoms with Crippen LogP contribution in [-0.2, 0) is 11.3 Å². The summed E-state index contributed by atoms with van der Waals surface area (Å²) in [5, 5.41) is 13.2. The van der Waals surface area contributed by atoms with Crippen LogP contribution in [0.3, 0.4) is 0 Å². The summed E-state index contributed by atoms with van der Waals surface area (Å²) in [7, 11) is 0. The second-order valence-corrected chi connectivity index (χ2v) is 8.89. The van der Waals surface area contributed by atoms with Gasteiger partial charge in [0.05, 0.1) is 6.20 Å². The molecule has 2 rings (SSSR count). The first-order chi connectivity index (χ1) is 11.0. The number of nitrogens with one attached hydrogen (secondary N) is 3. The van der Waals surface area contributed by atoms with E-state index in [1.165, 1.54) is 19.3 Å². The van der Waals surface area contributed by atoms with Gasteiger partial charge >= 0.3 is 6.09 Å². The van der Waals surface area contributed by atoms with Crippen molar-refractivity contribution in [3.05, 3.63) is 11.8 Å². The number of aromatic amines is 1. The Hall–Kier alpha value is -1.56. The molecule has 2 unspecified atom stereocenters. The number of anilines is 1. The average Bonchev–Trinajstić information content (AvgIpc) is 2.78. The number of hydrogen-bond acceptors (Lipinski definition) is 4. The minimum Gasteiger partial charge on any atom is -0.444 e. The highest BCUT2D eigenvalue weighted by Crippen LogP contribution is 2.38. The fraction of sp³-hybridized carbons (Fsp3) is 0.778. The molecular formula is C18H32N4O2. The van der Waals surface area contributed by atoms with Gasteiger partial charge in [0.1, 0.15) is 11.4 Å². The summed E-state index contributed by atoms with van der Waals surface area (Å²) < 4.78 is 5.28. The minimum absolute atomic E-state index is 0.378. The molecule has 0 saturated heterocycles. The Balaban J connectivity index is 1.90. The Morgan fingerprint density at radius 1 is 1.42 bits per heavy atom. The van der Waals surface area contributed by atoms with E-state index in [9.17, 15) is 4.79 Å². The Bertz CT molecular complexity index is 560. The first kappa shape index (κ1) is 18.8. The van der Waals surface area contributed by atoms with E-state index in [0.717, 1.165) is 11.5 Å².